The molecule has 27 heavy (non-hydrogen) atoms. The molecule has 0 bridgehead atoms. The van der Waals surface area contributed by atoms with Gasteiger partial charge in [-0.1, -0.05) is 18.2 Å². The maximum Gasteiger partial charge on any atom is 0.407 e. The third-order valence-corrected chi connectivity index (χ3v) is 5.27. The van der Waals surface area contributed by atoms with Crippen molar-refractivity contribution < 1.29 is 9.90 Å². The normalized spacial score (nSPS) is 15.1. The molecule has 0 saturated carbocycles. The van der Waals surface area contributed by atoms with Crippen molar-refractivity contribution in [1.82, 2.24) is 14.9 Å². The highest BCUT2D eigenvalue weighted by Gasteiger charge is 2.25. The van der Waals surface area contributed by atoms with Gasteiger partial charge in [-0.25, -0.2) is 9.78 Å². The van der Waals surface area contributed by atoms with E-state index in [2.05, 4.69) is 28.1 Å². The minimum absolute atomic E-state index is 0.0786. The zero-order valence-electron chi connectivity index (χ0n) is 15.2. The summed E-state index contributed by atoms with van der Waals surface area (Å²) < 4.78 is 0. The zero-order chi connectivity index (χ0) is 18.8. The maximum atomic E-state index is 11.1. The molecule has 6 nitrogen and oxygen atoms in total. The van der Waals surface area contributed by atoms with E-state index in [0.717, 1.165) is 53.9 Å². The highest BCUT2D eigenvalue weighted by molar-refractivity contribution is 5.83. The summed E-state index contributed by atoms with van der Waals surface area (Å²) in [6.07, 6.45) is 2.57. The molecule has 138 valence electrons. The Morgan fingerprint density at radius 3 is 2.74 bits per heavy atom. The van der Waals surface area contributed by atoms with Crippen molar-refractivity contribution in [2.24, 2.45) is 0 Å². The Hall–Kier alpha value is -3.15. The van der Waals surface area contributed by atoms with E-state index in [9.17, 15) is 4.79 Å². The number of aromatic nitrogens is 2. The van der Waals surface area contributed by atoms with Crippen LogP contribution in [0.25, 0.3) is 22.2 Å². The Morgan fingerprint density at radius 1 is 1.15 bits per heavy atom. The number of pyridine rings is 2. The molecule has 1 aliphatic heterocycles. The van der Waals surface area contributed by atoms with E-state index >= 15 is 0 Å². The van der Waals surface area contributed by atoms with Crippen LogP contribution in [0, 0.1) is 0 Å². The number of anilines is 1. The Morgan fingerprint density at radius 2 is 1.96 bits per heavy atom. The Labute approximate surface area is 158 Å². The molecule has 3 heterocycles. The Bertz CT molecular complexity index is 967. The lowest BCUT2D eigenvalue weighted by Gasteiger charge is -2.36. The summed E-state index contributed by atoms with van der Waals surface area (Å²) in [7, 11) is 1.65. The summed E-state index contributed by atoms with van der Waals surface area (Å²) in [5.74, 6) is 0.940. The van der Waals surface area contributed by atoms with Gasteiger partial charge in [-0.15, -0.1) is 0 Å². The highest BCUT2D eigenvalue weighted by Crippen LogP contribution is 2.26. The zero-order valence-corrected chi connectivity index (χ0v) is 15.2. The molecule has 0 radical (unpaired) electrons. The van der Waals surface area contributed by atoms with Gasteiger partial charge in [-0.3, -0.25) is 4.98 Å². The summed E-state index contributed by atoms with van der Waals surface area (Å²) in [4.78, 5) is 24.0. The van der Waals surface area contributed by atoms with E-state index in [1.165, 1.54) is 4.90 Å². The van der Waals surface area contributed by atoms with E-state index in [1.54, 1.807) is 13.2 Å². The van der Waals surface area contributed by atoms with Crippen LogP contribution in [0.2, 0.25) is 0 Å². The van der Waals surface area contributed by atoms with Crippen LogP contribution in [0.3, 0.4) is 0 Å². The Kier molecular flexibility index (Phi) is 4.62. The molecule has 4 rings (SSSR count). The first-order valence-electron chi connectivity index (χ1n) is 9.15. The molecule has 0 unspecified atom stereocenters. The van der Waals surface area contributed by atoms with Crippen molar-refractivity contribution in [3.8, 4) is 11.3 Å². The lowest BCUT2D eigenvalue weighted by atomic mass is 10.0. The molecule has 1 aromatic carbocycles. The molecule has 0 spiro atoms. The highest BCUT2D eigenvalue weighted by atomic mass is 16.4. The predicted octanol–water partition coefficient (Wildman–Crippen LogP) is 3.88. The van der Waals surface area contributed by atoms with Crippen LogP contribution in [-0.2, 0) is 0 Å². The van der Waals surface area contributed by atoms with Gasteiger partial charge in [0.1, 0.15) is 5.82 Å². The molecule has 1 aliphatic rings. The van der Waals surface area contributed by atoms with Crippen molar-refractivity contribution in [1.29, 1.82) is 0 Å². The number of amides is 1. The van der Waals surface area contributed by atoms with E-state index < -0.39 is 6.09 Å². The van der Waals surface area contributed by atoms with Crippen LogP contribution >= 0.6 is 0 Å². The second-order valence-electron chi connectivity index (χ2n) is 6.90. The molecule has 1 saturated heterocycles. The minimum Gasteiger partial charge on any atom is -0.465 e. The van der Waals surface area contributed by atoms with Crippen LogP contribution in [0.4, 0.5) is 10.6 Å². The fraction of sp³-hybridized carbons (Fsp3) is 0.286. The number of fused-ring (bicyclic) bond motifs is 1. The molecule has 0 atom stereocenters. The first kappa shape index (κ1) is 17.3. The fourth-order valence-electron chi connectivity index (χ4n) is 3.63. The average Bonchev–Trinajstić information content (AvgIpc) is 2.73. The van der Waals surface area contributed by atoms with E-state index in [4.69, 9.17) is 10.1 Å². The van der Waals surface area contributed by atoms with Crippen LogP contribution in [-0.4, -0.2) is 52.2 Å². The van der Waals surface area contributed by atoms with Crippen LogP contribution in [0.15, 0.2) is 54.7 Å². The number of carbonyl (C=O) groups is 1. The van der Waals surface area contributed by atoms with Crippen LogP contribution < -0.4 is 4.90 Å². The molecule has 6 heteroatoms. The predicted molar refractivity (Wildman–Crippen MR) is 106 cm³/mol. The van der Waals surface area contributed by atoms with Gasteiger partial charge < -0.3 is 14.9 Å². The van der Waals surface area contributed by atoms with Gasteiger partial charge in [-0.05, 0) is 43.2 Å². The molecular formula is C21H22N4O2. The van der Waals surface area contributed by atoms with Crippen LogP contribution in [0.1, 0.15) is 12.8 Å². The van der Waals surface area contributed by atoms with E-state index in [-0.39, 0.29) is 6.04 Å². The minimum atomic E-state index is -0.862. The quantitative estimate of drug-likeness (QED) is 0.766. The van der Waals surface area contributed by atoms with Crippen molar-refractivity contribution in [2.75, 3.05) is 25.0 Å². The van der Waals surface area contributed by atoms with Gasteiger partial charge in [0.25, 0.3) is 0 Å². The van der Waals surface area contributed by atoms with Crippen molar-refractivity contribution in [2.45, 2.75) is 18.9 Å². The summed E-state index contributed by atoms with van der Waals surface area (Å²) in [6.45, 7) is 1.61. The number of hydrogen-bond acceptors (Lipinski definition) is 4. The van der Waals surface area contributed by atoms with Crippen molar-refractivity contribution in [3.05, 3.63) is 54.7 Å². The Balaban J connectivity index is 1.53. The van der Waals surface area contributed by atoms with Gasteiger partial charge in [0.05, 0.1) is 11.2 Å². The standard InChI is InChI=1S/C21H22N4O2/c1-24(21(26)27)17-9-12-25(13-10-17)20-6-2-5-19(23-20)16-7-8-18-15(14-16)4-3-11-22-18/h2-8,11,14,17H,9-10,12-13H2,1H3,(H,26,27). The number of benzene rings is 1. The van der Waals surface area contributed by atoms with Gasteiger partial charge in [0.2, 0.25) is 0 Å². The topological polar surface area (TPSA) is 69.6 Å². The smallest absolute Gasteiger partial charge is 0.407 e. The summed E-state index contributed by atoms with van der Waals surface area (Å²) in [5.41, 5.74) is 2.97. The maximum absolute atomic E-state index is 11.1. The molecule has 2 aromatic heterocycles. The number of carboxylic acid groups (broad SMARTS) is 1. The molecule has 0 aliphatic carbocycles. The van der Waals surface area contributed by atoms with Gasteiger partial charge in [0, 0.05) is 43.3 Å². The second kappa shape index (κ2) is 7.23. The monoisotopic (exact) mass is 362 g/mol. The molecule has 3 aromatic rings. The molecular weight excluding hydrogens is 340 g/mol. The number of rotatable bonds is 3. The fourth-order valence-corrected chi connectivity index (χ4v) is 3.63. The van der Waals surface area contributed by atoms with E-state index in [1.807, 2.05) is 30.3 Å². The third kappa shape index (κ3) is 3.56. The largest absolute Gasteiger partial charge is 0.465 e. The first-order valence-corrected chi connectivity index (χ1v) is 9.15. The third-order valence-electron chi connectivity index (χ3n) is 5.27. The number of nitrogens with zero attached hydrogens (tertiary/aromatic N) is 4. The average molecular weight is 362 g/mol. The number of piperidine rings is 1. The molecule has 1 N–H and O–H groups in total. The van der Waals surface area contributed by atoms with E-state index in [0.29, 0.717) is 0 Å². The van der Waals surface area contributed by atoms with Crippen molar-refractivity contribution >= 4 is 22.8 Å². The second-order valence-corrected chi connectivity index (χ2v) is 6.90. The first-order chi connectivity index (χ1) is 13.1. The molecule has 1 fully saturated rings. The van der Waals surface area contributed by atoms with Crippen LogP contribution in [0.5, 0.6) is 0 Å². The number of hydrogen-bond donors (Lipinski definition) is 1. The van der Waals surface area contributed by atoms with Gasteiger partial charge in [0.15, 0.2) is 0 Å². The summed E-state index contributed by atoms with van der Waals surface area (Å²) in [6, 6.07) is 16.3. The van der Waals surface area contributed by atoms with Gasteiger partial charge in [-0.2, -0.15) is 0 Å². The van der Waals surface area contributed by atoms with Crippen molar-refractivity contribution in [3.63, 3.8) is 0 Å². The van der Waals surface area contributed by atoms with Gasteiger partial charge >= 0.3 is 6.09 Å². The lowest BCUT2D eigenvalue weighted by Crippen LogP contribution is -2.45. The molecule has 1 amide bonds. The summed E-state index contributed by atoms with van der Waals surface area (Å²) in [5, 5.41) is 10.2. The summed E-state index contributed by atoms with van der Waals surface area (Å²) >= 11 is 0. The SMILES string of the molecule is CN(C(=O)O)C1CCN(c2cccc(-c3ccc4ncccc4c3)n2)CC1. The lowest BCUT2D eigenvalue weighted by molar-refractivity contribution is 0.131.